The maximum atomic E-state index is 11.4. The lowest BCUT2D eigenvalue weighted by atomic mass is 9.99. The molecule has 1 aromatic rings. The molecule has 0 saturated heterocycles. The monoisotopic (exact) mass is 315 g/mol. The third kappa shape index (κ3) is 5.44. The van der Waals surface area contributed by atoms with E-state index in [9.17, 15) is 4.79 Å². The van der Waals surface area contributed by atoms with E-state index in [0.29, 0.717) is 18.3 Å². The average Bonchev–Trinajstić information content (AvgIpc) is 2.27. The van der Waals surface area contributed by atoms with Crippen LogP contribution in [0.1, 0.15) is 27.7 Å². The molecular formula is C12H18BrN3O2. The number of alkyl halides is 1. The molecule has 1 amide bonds. The summed E-state index contributed by atoms with van der Waals surface area (Å²) >= 11 is 3.17. The van der Waals surface area contributed by atoms with Gasteiger partial charge in [-0.1, -0.05) is 36.7 Å². The third-order valence-corrected chi connectivity index (χ3v) is 2.32. The number of carbonyl (C=O) groups excluding carboxylic acids is 1. The molecule has 18 heavy (non-hydrogen) atoms. The largest absolute Gasteiger partial charge is 0.476 e. The first-order chi connectivity index (χ1) is 8.28. The highest BCUT2D eigenvalue weighted by atomic mass is 79.9. The van der Waals surface area contributed by atoms with Gasteiger partial charge in [-0.25, -0.2) is 0 Å². The van der Waals surface area contributed by atoms with Gasteiger partial charge >= 0.3 is 0 Å². The lowest BCUT2D eigenvalue weighted by Gasteiger charge is -2.17. The Balaban J connectivity index is 2.55. The van der Waals surface area contributed by atoms with Crippen LogP contribution in [0.2, 0.25) is 0 Å². The van der Waals surface area contributed by atoms with Crippen molar-refractivity contribution in [2.45, 2.75) is 32.5 Å². The molecule has 0 aliphatic heterocycles. The molecule has 6 heteroatoms. The van der Waals surface area contributed by atoms with Gasteiger partial charge in [0.25, 0.3) is 0 Å². The molecule has 0 bridgehead atoms. The predicted molar refractivity (Wildman–Crippen MR) is 74.0 cm³/mol. The molecule has 0 aliphatic carbocycles. The standard InChI is InChI=1S/C12H18BrN3O2/c1-8(13)11(17)14-9-5-6-10(16-15-9)18-7-12(2,3)4/h5-6,8H,7H2,1-4H3,(H,14,15,17). The molecule has 0 spiro atoms. The van der Waals surface area contributed by atoms with Gasteiger partial charge in [0.2, 0.25) is 11.8 Å². The Labute approximate surface area is 115 Å². The number of nitrogens with zero attached hydrogens (tertiary/aromatic N) is 2. The first-order valence-electron chi connectivity index (χ1n) is 5.69. The molecule has 5 nitrogen and oxygen atoms in total. The molecule has 1 heterocycles. The first-order valence-corrected chi connectivity index (χ1v) is 6.61. The number of carbonyl (C=O) groups is 1. The second kappa shape index (κ2) is 6.13. The van der Waals surface area contributed by atoms with Crippen LogP contribution < -0.4 is 10.1 Å². The SMILES string of the molecule is CC(Br)C(=O)Nc1ccc(OCC(C)(C)C)nn1. The second-order valence-corrected chi connectivity index (χ2v) is 6.58. The Morgan fingerprint density at radius 2 is 2.11 bits per heavy atom. The summed E-state index contributed by atoms with van der Waals surface area (Å²) in [5.41, 5.74) is 0.0694. The molecule has 0 saturated carbocycles. The Hall–Kier alpha value is -1.17. The highest BCUT2D eigenvalue weighted by molar-refractivity contribution is 9.10. The first kappa shape index (κ1) is 14.9. The fraction of sp³-hybridized carbons (Fsp3) is 0.583. The minimum absolute atomic E-state index is 0.0694. The van der Waals surface area contributed by atoms with Crippen LogP contribution in [0.5, 0.6) is 5.88 Å². The highest BCUT2D eigenvalue weighted by Crippen LogP contribution is 2.16. The number of rotatable bonds is 4. The minimum Gasteiger partial charge on any atom is -0.476 e. The normalized spacial score (nSPS) is 12.9. The number of aromatic nitrogens is 2. The van der Waals surface area contributed by atoms with E-state index in [1.807, 2.05) is 0 Å². The van der Waals surface area contributed by atoms with Crippen LogP contribution in [0.25, 0.3) is 0 Å². The lowest BCUT2D eigenvalue weighted by Crippen LogP contribution is -2.21. The van der Waals surface area contributed by atoms with E-state index in [2.05, 4.69) is 52.2 Å². The number of halogens is 1. The maximum Gasteiger partial charge on any atom is 0.239 e. The van der Waals surface area contributed by atoms with Gasteiger partial charge in [0.15, 0.2) is 5.82 Å². The molecule has 1 rings (SSSR count). The zero-order valence-corrected chi connectivity index (χ0v) is 12.6. The van der Waals surface area contributed by atoms with Crippen molar-refractivity contribution in [3.8, 4) is 5.88 Å². The number of ether oxygens (including phenoxy) is 1. The number of anilines is 1. The predicted octanol–water partition coefficient (Wildman–Crippen LogP) is 2.62. The van der Waals surface area contributed by atoms with E-state index in [1.165, 1.54) is 0 Å². The van der Waals surface area contributed by atoms with Crippen molar-refractivity contribution in [2.24, 2.45) is 5.41 Å². The van der Waals surface area contributed by atoms with Crippen molar-refractivity contribution in [2.75, 3.05) is 11.9 Å². The Morgan fingerprint density at radius 1 is 1.44 bits per heavy atom. The van der Waals surface area contributed by atoms with Gasteiger partial charge in [-0.3, -0.25) is 4.79 Å². The molecule has 1 N–H and O–H groups in total. The highest BCUT2D eigenvalue weighted by Gasteiger charge is 2.12. The van der Waals surface area contributed by atoms with E-state index in [4.69, 9.17) is 4.74 Å². The van der Waals surface area contributed by atoms with Crippen LogP contribution in [0, 0.1) is 5.41 Å². The quantitative estimate of drug-likeness (QED) is 0.867. The fourth-order valence-electron chi connectivity index (χ4n) is 0.980. The van der Waals surface area contributed by atoms with E-state index in [-0.39, 0.29) is 16.1 Å². The van der Waals surface area contributed by atoms with Crippen molar-refractivity contribution < 1.29 is 9.53 Å². The molecule has 100 valence electrons. The molecule has 0 radical (unpaired) electrons. The molecule has 1 atom stereocenters. The molecular weight excluding hydrogens is 298 g/mol. The van der Waals surface area contributed by atoms with Crippen LogP contribution >= 0.6 is 15.9 Å². The van der Waals surface area contributed by atoms with Gasteiger partial charge in [-0.15, -0.1) is 10.2 Å². The Kier molecular flexibility index (Phi) is 5.07. The topological polar surface area (TPSA) is 64.1 Å². The van der Waals surface area contributed by atoms with Gasteiger partial charge in [0.1, 0.15) is 0 Å². The molecule has 0 fully saturated rings. The van der Waals surface area contributed by atoms with Gasteiger partial charge in [-0.2, -0.15) is 0 Å². The second-order valence-electron chi connectivity index (χ2n) is 5.21. The summed E-state index contributed by atoms with van der Waals surface area (Å²) in [6, 6.07) is 3.35. The summed E-state index contributed by atoms with van der Waals surface area (Å²) in [5.74, 6) is 0.705. The van der Waals surface area contributed by atoms with Crippen LogP contribution in [0.4, 0.5) is 5.82 Å². The van der Waals surface area contributed by atoms with E-state index >= 15 is 0 Å². The maximum absolute atomic E-state index is 11.4. The summed E-state index contributed by atoms with van der Waals surface area (Å²) in [6.45, 7) is 8.53. The summed E-state index contributed by atoms with van der Waals surface area (Å²) in [7, 11) is 0. The summed E-state index contributed by atoms with van der Waals surface area (Å²) in [6.07, 6.45) is 0. The zero-order valence-electron chi connectivity index (χ0n) is 11.0. The van der Waals surface area contributed by atoms with Crippen molar-refractivity contribution in [1.82, 2.24) is 10.2 Å². The van der Waals surface area contributed by atoms with E-state index in [0.717, 1.165) is 0 Å². The van der Waals surface area contributed by atoms with Crippen molar-refractivity contribution in [1.29, 1.82) is 0 Å². The fourth-order valence-corrected chi connectivity index (χ4v) is 1.09. The smallest absolute Gasteiger partial charge is 0.239 e. The van der Waals surface area contributed by atoms with Gasteiger partial charge < -0.3 is 10.1 Å². The Bertz CT molecular complexity index is 399. The van der Waals surface area contributed by atoms with Gasteiger partial charge in [0, 0.05) is 6.07 Å². The molecule has 0 aliphatic rings. The van der Waals surface area contributed by atoms with Crippen molar-refractivity contribution in [3.63, 3.8) is 0 Å². The minimum atomic E-state index is -0.267. The Morgan fingerprint density at radius 3 is 2.56 bits per heavy atom. The molecule has 1 unspecified atom stereocenters. The zero-order chi connectivity index (χ0) is 13.8. The van der Waals surface area contributed by atoms with E-state index in [1.54, 1.807) is 19.1 Å². The number of nitrogens with one attached hydrogen (secondary N) is 1. The van der Waals surface area contributed by atoms with Crippen LogP contribution in [0.3, 0.4) is 0 Å². The summed E-state index contributed by atoms with van der Waals surface area (Å²) in [4.78, 5) is 11.1. The van der Waals surface area contributed by atoms with Gasteiger partial charge in [-0.05, 0) is 18.4 Å². The lowest BCUT2D eigenvalue weighted by molar-refractivity contribution is -0.115. The number of amides is 1. The summed E-state index contributed by atoms with van der Waals surface area (Å²) in [5, 5.41) is 10.4. The third-order valence-electron chi connectivity index (χ3n) is 1.91. The summed E-state index contributed by atoms with van der Waals surface area (Å²) < 4.78 is 5.48. The van der Waals surface area contributed by atoms with E-state index < -0.39 is 0 Å². The molecule has 0 aromatic carbocycles. The molecule has 1 aromatic heterocycles. The van der Waals surface area contributed by atoms with Crippen molar-refractivity contribution in [3.05, 3.63) is 12.1 Å². The van der Waals surface area contributed by atoms with Gasteiger partial charge in [0.05, 0.1) is 11.4 Å². The van der Waals surface area contributed by atoms with Crippen molar-refractivity contribution >= 4 is 27.7 Å². The van der Waals surface area contributed by atoms with Crippen LogP contribution in [-0.2, 0) is 4.79 Å². The number of hydrogen-bond acceptors (Lipinski definition) is 4. The van der Waals surface area contributed by atoms with Crippen LogP contribution in [-0.4, -0.2) is 27.5 Å². The van der Waals surface area contributed by atoms with Crippen LogP contribution in [0.15, 0.2) is 12.1 Å². The number of hydrogen-bond donors (Lipinski definition) is 1. The average molecular weight is 316 g/mol.